The highest BCUT2D eigenvalue weighted by atomic mass is 16.5. The first-order valence-corrected chi connectivity index (χ1v) is 9.16. The average Bonchev–Trinajstić information content (AvgIpc) is 2.85. The molecule has 1 aromatic rings. The van der Waals surface area contributed by atoms with Crippen molar-refractivity contribution in [3.8, 4) is 17.2 Å². The maximum absolute atomic E-state index is 13.3. The van der Waals surface area contributed by atoms with E-state index in [0.29, 0.717) is 23.7 Å². The molecule has 6 heteroatoms. The molecule has 0 spiro atoms. The lowest BCUT2D eigenvalue weighted by Crippen LogP contribution is -2.38. The standard InChI is InChI=1S/C22H26O6/c1-7-8-22-11-16(27-5)19(23)18(21(22)24)17(12(22)2)13-9-14(25-3)20(28-6)15(10-13)26-4/h7,9-12,17-18H,1,8H2,2-6H3/t12-,17+,18+,22-/m0/s1. The number of allylic oxidation sites excluding steroid dienone is 3. The first kappa shape index (κ1) is 20.0. The van der Waals surface area contributed by atoms with Gasteiger partial charge in [0.25, 0.3) is 0 Å². The molecule has 150 valence electrons. The molecule has 1 aromatic carbocycles. The van der Waals surface area contributed by atoms with Crippen LogP contribution in [0.5, 0.6) is 17.2 Å². The Hall–Kier alpha value is -2.76. The van der Waals surface area contributed by atoms with Crippen molar-refractivity contribution in [2.45, 2.75) is 19.3 Å². The van der Waals surface area contributed by atoms with Crippen molar-refractivity contribution in [1.29, 1.82) is 0 Å². The van der Waals surface area contributed by atoms with E-state index in [-0.39, 0.29) is 29.2 Å². The van der Waals surface area contributed by atoms with E-state index in [0.717, 1.165) is 5.56 Å². The minimum Gasteiger partial charge on any atom is -0.493 e. The second-order valence-corrected chi connectivity index (χ2v) is 7.23. The van der Waals surface area contributed by atoms with Crippen LogP contribution in [0, 0.1) is 17.3 Å². The van der Waals surface area contributed by atoms with Crippen LogP contribution in [0.2, 0.25) is 0 Å². The molecule has 0 amide bonds. The molecule has 0 radical (unpaired) electrons. The van der Waals surface area contributed by atoms with Gasteiger partial charge in [-0.2, -0.15) is 0 Å². The van der Waals surface area contributed by atoms with Gasteiger partial charge in [0, 0.05) is 5.92 Å². The smallest absolute Gasteiger partial charge is 0.208 e. The highest BCUT2D eigenvalue weighted by molar-refractivity contribution is 6.17. The third kappa shape index (κ3) is 2.62. The molecule has 6 nitrogen and oxygen atoms in total. The molecule has 2 aliphatic carbocycles. The van der Waals surface area contributed by atoms with Crippen molar-refractivity contribution >= 4 is 11.6 Å². The third-order valence-corrected chi connectivity index (χ3v) is 6.14. The molecule has 0 saturated heterocycles. The van der Waals surface area contributed by atoms with Crippen LogP contribution in [-0.4, -0.2) is 40.0 Å². The Bertz CT molecular complexity index is 830. The number of hydrogen-bond acceptors (Lipinski definition) is 6. The minimum atomic E-state index is -0.809. The molecule has 2 aliphatic rings. The van der Waals surface area contributed by atoms with Gasteiger partial charge in [0.05, 0.1) is 39.8 Å². The van der Waals surface area contributed by atoms with Gasteiger partial charge in [0.15, 0.2) is 23.0 Å². The fourth-order valence-corrected chi connectivity index (χ4v) is 4.75. The van der Waals surface area contributed by atoms with E-state index in [1.807, 2.05) is 19.1 Å². The van der Waals surface area contributed by atoms with Crippen molar-refractivity contribution in [2.75, 3.05) is 28.4 Å². The molecular weight excluding hydrogens is 360 g/mol. The number of carbonyl (C=O) groups excluding carboxylic acids is 2. The molecule has 0 aliphatic heterocycles. The summed E-state index contributed by atoms with van der Waals surface area (Å²) < 4.78 is 21.6. The number of ketones is 2. The van der Waals surface area contributed by atoms with E-state index in [2.05, 4.69) is 6.58 Å². The number of ether oxygens (including phenoxy) is 4. The number of methoxy groups -OCH3 is 4. The topological polar surface area (TPSA) is 71.1 Å². The first-order chi connectivity index (χ1) is 13.4. The second kappa shape index (κ2) is 7.34. The normalized spacial score (nSPS) is 28.6. The SMILES string of the molecule is C=CC[C@@]12C=C(OC)C(=O)[C@H](C1=O)[C@@H](c1cc(OC)c(OC)c(OC)c1)[C@@H]2C. The molecular formula is C22H26O6. The zero-order valence-corrected chi connectivity index (χ0v) is 16.9. The van der Waals surface area contributed by atoms with Gasteiger partial charge in [0.1, 0.15) is 0 Å². The van der Waals surface area contributed by atoms with E-state index in [1.54, 1.807) is 12.2 Å². The second-order valence-electron chi connectivity index (χ2n) is 7.23. The van der Waals surface area contributed by atoms with Crippen LogP contribution in [0.1, 0.15) is 24.8 Å². The lowest BCUT2D eigenvalue weighted by Gasteiger charge is -2.31. The summed E-state index contributed by atoms with van der Waals surface area (Å²) in [6, 6.07) is 3.63. The van der Waals surface area contributed by atoms with Gasteiger partial charge in [0.2, 0.25) is 11.5 Å². The molecule has 0 unspecified atom stereocenters. The largest absolute Gasteiger partial charge is 0.493 e. The van der Waals surface area contributed by atoms with Crippen LogP contribution >= 0.6 is 0 Å². The molecule has 0 N–H and O–H groups in total. The van der Waals surface area contributed by atoms with Gasteiger partial charge in [-0.15, -0.1) is 6.58 Å². The van der Waals surface area contributed by atoms with Gasteiger partial charge >= 0.3 is 0 Å². The van der Waals surface area contributed by atoms with E-state index in [4.69, 9.17) is 18.9 Å². The Morgan fingerprint density at radius 1 is 1.04 bits per heavy atom. The Morgan fingerprint density at radius 3 is 2.11 bits per heavy atom. The van der Waals surface area contributed by atoms with E-state index < -0.39 is 11.3 Å². The summed E-state index contributed by atoms with van der Waals surface area (Å²) in [5, 5.41) is 0. The van der Waals surface area contributed by atoms with Crippen LogP contribution in [0.15, 0.2) is 36.6 Å². The van der Waals surface area contributed by atoms with Crippen molar-refractivity contribution in [3.63, 3.8) is 0 Å². The van der Waals surface area contributed by atoms with Crippen LogP contribution in [0.25, 0.3) is 0 Å². The average molecular weight is 386 g/mol. The summed E-state index contributed by atoms with van der Waals surface area (Å²) in [7, 11) is 6.07. The van der Waals surface area contributed by atoms with Crippen molar-refractivity contribution in [1.82, 2.24) is 0 Å². The summed E-state index contributed by atoms with van der Waals surface area (Å²) in [6.45, 7) is 5.81. The minimum absolute atomic E-state index is 0.0792. The van der Waals surface area contributed by atoms with Crippen molar-refractivity contribution in [3.05, 3.63) is 42.2 Å². The van der Waals surface area contributed by atoms with Gasteiger partial charge in [-0.25, -0.2) is 0 Å². The summed E-state index contributed by atoms with van der Waals surface area (Å²) in [4.78, 5) is 26.3. The predicted octanol–water partition coefficient (Wildman–Crippen LogP) is 3.31. The molecule has 0 heterocycles. The number of benzene rings is 1. The lowest BCUT2D eigenvalue weighted by molar-refractivity contribution is -0.136. The van der Waals surface area contributed by atoms with Crippen molar-refractivity contribution < 1.29 is 28.5 Å². The maximum atomic E-state index is 13.3. The highest BCUT2D eigenvalue weighted by Gasteiger charge is 2.62. The highest BCUT2D eigenvalue weighted by Crippen LogP contribution is 2.59. The summed E-state index contributed by atoms with van der Waals surface area (Å²) in [5.74, 6) is 0.0494. The van der Waals surface area contributed by atoms with Gasteiger partial charge in [-0.3, -0.25) is 9.59 Å². The fraction of sp³-hybridized carbons (Fsp3) is 0.455. The summed E-state index contributed by atoms with van der Waals surface area (Å²) >= 11 is 0. The van der Waals surface area contributed by atoms with Crippen molar-refractivity contribution in [2.24, 2.45) is 17.3 Å². The zero-order valence-electron chi connectivity index (χ0n) is 16.9. The number of fused-ring (bicyclic) bond motifs is 2. The zero-order chi connectivity index (χ0) is 20.6. The summed E-state index contributed by atoms with van der Waals surface area (Å²) in [6.07, 6.45) is 3.87. The molecule has 3 rings (SSSR count). The van der Waals surface area contributed by atoms with E-state index in [1.165, 1.54) is 28.4 Å². The molecule has 0 aromatic heterocycles. The Balaban J connectivity index is 2.21. The van der Waals surface area contributed by atoms with Gasteiger partial charge < -0.3 is 18.9 Å². The Labute approximate surface area is 165 Å². The molecule has 4 atom stereocenters. The van der Waals surface area contributed by atoms with Crippen LogP contribution in [0.4, 0.5) is 0 Å². The Kier molecular flexibility index (Phi) is 5.24. The van der Waals surface area contributed by atoms with E-state index in [9.17, 15) is 9.59 Å². The molecule has 2 bridgehead atoms. The first-order valence-electron chi connectivity index (χ1n) is 9.16. The monoisotopic (exact) mass is 386 g/mol. The van der Waals surface area contributed by atoms with Crippen LogP contribution in [0.3, 0.4) is 0 Å². The Morgan fingerprint density at radius 2 is 1.64 bits per heavy atom. The predicted molar refractivity (Wildman–Crippen MR) is 104 cm³/mol. The fourth-order valence-electron chi connectivity index (χ4n) is 4.75. The van der Waals surface area contributed by atoms with Gasteiger partial charge in [-0.05, 0) is 36.1 Å². The third-order valence-electron chi connectivity index (χ3n) is 6.14. The van der Waals surface area contributed by atoms with Crippen LogP contribution < -0.4 is 14.2 Å². The molecule has 28 heavy (non-hydrogen) atoms. The van der Waals surface area contributed by atoms with Crippen LogP contribution in [-0.2, 0) is 14.3 Å². The summed E-state index contributed by atoms with van der Waals surface area (Å²) in [5.41, 5.74) is -0.0121. The molecule has 1 saturated carbocycles. The number of hydrogen-bond donors (Lipinski definition) is 0. The number of carbonyl (C=O) groups is 2. The number of Topliss-reactive ketones (excluding diaryl/α,β-unsaturated/α-hetero) is 2. The quantitative estimate of drug-likeness (QED) is 0.529. The molecule has 1 fully saturated rings. The number of rotatable bonds is 7. The van der Waals surface area contributed by atoms with E-state index >= 15 is 0 Å². The van der Waals surface area contributed by atoms with Gasteiger partial charge in [-0.1, -0.05) is 13.0 Å². The maximum Gasteiger partial charge on any atom is 0.208 e. The lowest BCUT2D eigenvalue weighted by atomic mass is 9.71.